The van der Waals surface area contributed by atoms with Crippen molar-refractivity contribution in [2.75, 3.05) is 6.54 Å². The number of carbonyl (C=O) groups excluding carboxylic acids is 2. The van der Waals surface area contributed by atoms with Crippen LogP contribution in [0.1, 0.15) is 36.0 Å². The highest BCUT2D eigenvalue weighted by atomic mass is 16.5. The molecule has 1 aliphatic carbocycles. The van der Waals surface area contributed by atoms with Crippen molar-refractivity contribution in [1.29, 1.82) is 0 Å². The molecule has 1 heterocycles. The molecule has 2 aromatic rings. The molecule has 0 unspecified atom stereocenters. The maximum atomic E-state index is 12.1. The van der Waals surface area contributed by atoms with Crippen LogP contribution in [0.2, 0.25) is 0 Å². The predicted octanol–water partition coefficient (Wildman–Crippen LogP) is 2.32. The first-order valence-corrected chi connectivity index (χ1v) is 8.91. The molecule has 0 bridgehead atoms. The zero-order valence-corrected chi connectivity index (χ0v) is 14.6. The minimum atomic E-state index is -0.242. The van der Waals surface area contributed by atoms with Crippen LogP contribution in [0.3, 0.4) is 0 Å². The van der Waals surface area contributed by atoms with Gasteiger partial charge in [0.2, 0.25) is 11.8 Å². The number of ether oxygens (including phenoxy) is 1. The van der Waals surface area contributed by atoms with Crippen LogP contribution >= 0.6 is 0 Å². The molecule has 1 aliphatic rings. The summed E-state index contributed by atoms with van der Waals surface area (Å²) in [6.07, 6.45) is 5.31. The maximum Gasteiger partial charge on any atom is 0.251 e. The normalized spacial score (nSPS) is 19.4. The fourth-order valence-corrected chi connectivity index (χ4v) is 3.04. The average molecular weight is 353 g/mol. The molecule has 2 N–H and O–H groups in total. The largest absolute Gasteiger partial charge is 0.474 e. The molecule has 1 saturated carbocycles. The summed E-state index contributed by atoms with van der Waals surface area (Å²) in [5.74, 6) is 0.236. The van der Waals surface area contributed by atoms with Crippen LogP contribution in [-0.2, 0) is 4.79 Å². The van der Waals surface area contributed by atoms with E-state index in [0.717, 1.165) is 25.7 Å². The van der Waals surface area contributed by atoms with E-state index in [1.807, 2.05) is 24.3 Å². The molecule has 1 aromatic carbocycles. The molecule has 6 nitrogen and oxygen atoms in total. The van der Waals surface area contributed by atoms with Crippen molar-refractivity contribution in [3.05, 3.63) is 60.3 Å². The summed E-state index contributed by atoms with van der Waals surface area (Å²) in [4.78, 5) is 28.2. The third-order valence-electron chi connectivity index (χ3n) is 4.41. The minimum Gasteiger partial charge on any atom is -0.474 e. The summed E-state index contributed by atoms with van der Waals surface area (Å²) in [6.45, 7) is -0.0158. The van der Waals surface area contributed by atoms with Crippen LogP contribution in [0.25, 0.3) is 0 Å². The number of benzene rings is 1. The third kappa shape index (κ3) is 5.31. The molecule has 0 spiro atoms. The number of amides is 2. The van der Waals surface area contributed by atoms with Gasteiger partial charge in [0.15, 0.2) is 0 Å². The quantitative estimate of drug-likeness (QED) is 0.835. The van der Waals surface area contributed by atoms with E-state index in [-0.39, 0.29) is 30.5 Å². The first kappa shape index (κ1) is 17.9. The number of rotatable bonds is 6. The van der Waals surface area contributed by atoms with Crippen LogP contribution < -0.4 is 15.4 Å². The molecule has 1 aromatic heterocycles. The zero-order valence-electron chi connectivity index (χ0n) is 14.6. The van der Waals surface area contributed by atoms with Gasteiger partial charge in [-0.1, -0.05) is 24.3 Å². The highest BCUT2D eigenvalue weighted by Crippen LogP contribution is 2.22. The van der Waals surface area contributed by atoms with E-state index in [1.165, 1.54) is 0 Å². The number of carbonyl (C=O) groups is 2. The van der Waals surface area contributed by atoms with Crippen LogP contribution in [0.4, 0.5) is 0 Å². The van der Waals surface area contributed by atoms with Crippen molar-refractivity contribution < 1.29 is 14.3 Å². The Hall–Kier alpha value is -2.89. The van der Waals surface area contributed by atoms with E-state index in [9.17, 15) is 9.59 Å². The summed E-state index contributed by atoms with van der Waals surface area (Å²) in [5, 5.41) is 5.63. The second-order valence-corrected chi connectivity index (χ2v) is 6.38. The molecular weight excluding hydrogens is 330 g/mol. The van der Waals surface area contributed by atoms with E-state index in [0.29, 0.717) is 11.4 Å². The maximum absolute atomic E-state index is 12.1. The molecule has 0 radical (unpaired) electrons. The van der Waals surface area contributed by atoms with Gasteiger partial charge in [0.05, 0.1) is 6.54 Å². The fourth-order valence-electron chi connectivity index (χ4n) is 3.04. The number of hydrogen-bond donors (Lipinski definition) is 2. The molecule has 26 heavy (non-hydrogen) atoms. The SMILES string of the molecule is O=C(CNC(=O)c1ccccc1)NC1CCC(Oc2ccccn2)CC1. The van der Waals surface area contributed by atoms with Gasteiger partial charge in [0, 0.05) is 23.9 Å². The Balaban J connectivity index is 1.36. The number of aromatic nitrogens is 1. The van der Waals surface area contributed by atoms with Crippen LogP contribution in [0.5, 0.6) is 5.88 Å². The Kier molecular flexibility index (Phi) is 6.19. The summed E-state index contributed by atoms with van der Waals surface area (Å²) in [5.41, 5.74) is 0.549. The monoisotopic (exact) mass is 353 g/mol. The summed E-state index contributed by atoms with van der Waals surface area (Å²) in [6, 6.07) is 14.6. The second kappa shape index (κ2) is 8.99. The van der Waals surface area contributed by atoms with E-state index < -0.39 is 0 Å². The van der Waals surface area contributed by atoms with Crippen molar-refractivity contribution in [1.82, 2.24) is 15.6 Å². The minimum absolute atomic E-state index is 0.0158. The molecular formula is C20H23N3O3. The van der Waals surface area contributed by atoms with Crippen molar-refractivity contribution in [3.63, 3.8) is 0 Å². The van der Waals surface area contributed by atoms with Crippen LogP contribution in [0, 0.1) is 0 Å². The van der Waals surface area contributed by atoms with E-state index in [2.05, 4.69) is 15.6 Å². The summed E-state index contributed by atoms with van der Waals surface area (Å²) >= 11 is 0. The van der Waals surface area contributed by atoms with E-state index >= 15 is 0 Å². The molecule has 136 valence electrons. The molecule has 3 rings (SSSR count). The van der Waals surface area contributed by atoms with E-state index in [4.69, 9.17) is 4.74 Å². The first-order valence-electron chi connectivity index (χ1n) is 8.91. The van der Waals surface area contributed by atoms with Crippen molar-refractivity contribution in [3.8, 4) is 5.88 Å². The Bertz CT molecular complexity index is 714. The van der Waals surface area contributed by atoms with Crippen molar-refractivity contribution >= 4 is 11.8 Å². The summed E-state index contributed by atoms with van der Waals surface area (Å²) in [7, 11) is 0. The third-order valence-corrected chi connectivity index (χ3v) is 4.41. The number of nitrogens with one attached hydrogen (secondary N) is 2. The smallest absolute Gasteiger partial charge is 0.251 e. The highest BCUT2D eigenvalue weighted by Gasteiger charge is 2.24. The molecule has 0 saturated heterocycles. The lowest BCUT2D eigenvalue weighted by molar-refractivity contribution is -0.121. The first-order chi connectivity index (χ1) is 12.7. The van der Waals surface area contributed by atoms with E-state index in [1.54, 1.807) is 30.5 Å². The average Bonchev–Trinajstić information content (AvgIpc) is 2.69. The number of hydrogen-bond acceptors (Lipinski definition) is 4. The van der Waals surface area contributed by atoms with Gasteiger partial charge in [0.25, 0.3) is 5.91 Å². The Labute approximate surface area is 153 Å². The summed E-state index contributed by atoms with van der Waals surface area (Å²) < 4.78 is 5.86. The van der Waals surface area contributed by atoms with Gasteiger partial charge in [-0.3, -0.25) is 9.59 Å². The lowest BCUT2D eigenvalue weighted by atomic mass is 9.93. The number of pyridine rings is 1. The van der Waals surface area contributed by atoms with Crippen LogP contribution in [0.15, 0.2) is 54.7 Å². The van der Waals surface area contributed by atoms with Gasteiger partial charge in [0.1, 0.15) is 6.10 Å². The van der Waals surface area contributed by atoms with Gasteiger partial charge in [-0.05, 0) is 43.9 Å². The fraction of sp³-hybridized carbons (Fsp3) is 0.350. The zero-order chi connectivity index (χ0) is 18.2. The van der Waals surface area contributed by atoms with Crippen molar-refractivity contribution in [2.24, 2.45) is 0 Å². The predicted molar refractivity (Wildman–Crippen MR) is 97.8 cm³/mol. The lowest BCUT2D eigenvalue weighted by Gasteiger charge is -2.29. The molecule has 1 fully saturated rings. The standard InChI is InChI=1S/C20H23N3O3/c24-18(14-22-20(25)15-6-2-1-3-7-15)23-16-9-11-17(12-10-16)26-19-8-4-5-13-21-19/h1-8,13,16-17H,9-12,14H2,(H,22,25)(H,23,24). The van der Waals surface area contributed by atoms with Gasteiger partial charge in [-0.15, -0.1) is 0 Å². The Morgan fingerprint density at radius 2 is 1.73 bits per heavy atom. The topological polar surface area (TPSA) is 80.3 Å². The second-order valence-electron chi connectivity index (χ2n) is 6.38. The molecule has 0 atom stereocenters. The van der Waals surface area contributed by atoms with Gasteiger partial charge >= 0.3 is 0 Å². The van der Waals surface area contributed by atoms with Gasteiger partial charge in [-0.25, -0.2) is 4.98 Å². The van der Waals surface area contributed by atoms with Gasteiger partial charge < -0.3 is 15.4 Å². The van der Waals surface area contributed by atoms with Crippen LogP contribution in [-0.4, -0.2) is 35.5 Å². The van der Waals surface area contributed by atoms with Gasteiger partial charge in [-0.2, -0.15) is 0 Å². The Morgan fingerprint density at radius 1 is 1.00 bits per heavy atom. The highest BCUT2D eigenvalue weighted by molar-refractivity contribution is 5.96. The lowest BCUT2D eigenvalue weighted by Crippen LogP contribution is -2.44. The molecule has 2 amide bonds. The van der Waals surface area contributed by atoms with Crippen molar-refractivity contribution in [2.45, 2.75) is 37.8 Å². The molecule has 0 aliphatic heterocycles. The number of nitrogens with zero attached hydrogens (tertiary/aromatic N) is 1. The molecule has 6 heteroatoms. The Morgan fingerprint density at radius 3 is 2.42 bits per heavy atom.